The highest BCUT2D eigenvalue weighted by atomic mass is 16.5. The summed E-state index contributed by atoms with van der Waals surface area (Å²) in [6.45, 7) is 5.87. The Morgan fingerprint density at radius 1 is 0.931 bits per heavy atom. The van der Waals surface area contributed by atoms with Crippen LogP contribution in [0.2, 0.25) is 0 Å². The third kappa shape index (κ3) is 7.83. The summed E-state index contributed by atoms with van der Waals surface area (Å²) in [5.74, 6) is 0.0323. The molecule has 156 valence electrons. The molecule has 2 aromatic rings. The van der Waals surface area contributed by atoms with Gasteiger partial charge in [0.25, 0.3) is 0 Å². The van der Waals surface area contributed by atoms with E-state index in [2.05, 4.69) is 10.6 Å². The molecule has 0 heterocycles. The normalized spacial score (nSPS) is 10.3. The van der Waals surface area contributed by atoms with Crippen molar-refractivity contribution in [3.05, 3.63) is 54.1 Å². The smallest absolute Gasteiger partial charge is 0.338 e. The van der Waals surface area contributed by atoms with Crippen LogP contribution in [0.25, 0.3) is 0 Å². The zero-order valence-electron chi connectivity index (χ0n) is 16.9. The van der Waals surface area contributed by atoms with Crippen LogP contribution in [0.15, 0.2) is 48.5 Å². The summed E-state index contributed by atoms with van der Waals surface area (Å²) in [6.07, 6.45) is 0.779. The van der Waals surface area contributed by atoms with Gasteiger partial charge in [0.1, 0.15) is 12.4 Å². The Balaban J connectivity index is 1.83. The first-order valence-electron chi connectivity index (χ1n) is 9.74. The molecule has 2 rings (SSSR count). The van der Waals surface area contributed by atoms with Crippen LogP contribution in [0.1, 0.15) is 30.6 Å². The molecular formula is C22H28N2O5. The van der Waals surface area contributed by atoms with Crippen molar-refractivity contribution in [3.63, 3.8) is 0 Å². The van der Waals surface area contributed by atoms with Gasteiger partial charge in [-0.05, 0) is 49.7 Å². The van der Waals surface area contributed by atoms with E-state index >= 15 is 0 Å². The van der Waals surface area contributed by atoms with E-state index in [0.717, 1.165) is 12.1 Å². The zero-order chi connectivity index (χ0) is 20.9. The summed E-state index contributed by atoms with van der Waals surface area (Å²) in [5.41, 5.74) is 1.81. The van der Waals surface area contributed by atoms with Gasteiger partial charge in [0, 0.05) is 12.3 Å². The Morgan fingerprint density at radius 2 is 1.69 bits per heavy atom. The van der Waals surface area contributed by atoms with Gasteiger partial charge in [-0.15, -0.1) is 0 Å². The van der Waals surface area contributed by atoms with Crippen LogP contribution in [0.3, 0.4) is 0 Å². The van der Waals surface area contributed by atoms with E-state index in [1.54, 1.807) is 36.4 Å². The number of nitrogens with one attached hydrogen (secondary N) is 2. The van der Waals surface area contributed by atoms with Crippen LogP contribution < -0.4 is 15.4 Å². The number of carbonyl (C=O) groups is 2. The number of hydrogen-bond donors (Lipinski definition) is 2. The number of hydrogen-bond acceptors (Lipinski definition) is 6. The quantitative estimate of drug-likeness (QED) is 0.417. The first-order chi connectivity index (χ1) is 14.1. The van der Waals surface area contributed by atoms with Gasteiger partial charge in [-0.25, -0.2) is 4.79 Å². The molecule has 2 N–H and O–H groups in total. The van der Waals surface area contributed by atoms with E-state index in [4.69, 9.17) is 14.2 Å². The van der Waals surface area contributed by atoms with E-state index in [0.29, 0.717) is 43.4 Å². The van der Waals surface area contributed by atoms with Crippen molar-refractivity contribution in [3.8, 4) is 5.75 Å². The lowest BCUT2D eigenvalue weighted by Gasteiger charge is -2.13. The highest BCUT2D eigenvalue weighted by molar-refractivity contribution is 5.95. The van der Waals surface area contributed by atoms with Crippen molar-refractivity contribution < 1.29 is 23.8 Å². The van der Waals surface area contributed by atoms with Crippen molar-refractivity contribution in [2.45, 2.75) is 20.3 Å². The van der Waals surface area contributed by atoms with E-state index in [1.807, 2.05) is 26.0 Å². The summed E-state index contributed by atoms with van der Waals surface area (Å²) in [7, 11) is 0. The lowest BCUT2D eigenvalue weighted by atomic mass is 10.2. The monoisotopic (exact) mass is 400 g/mol. The first kappa shape index (κ1) is 22.2. The number of amides is 1. The van der Waals surface area contributed by atoms with Crippen LogP contribution in [0, 0.1) is 0 Å². The minimum absolute atomic E-state index is 0.0763. The van der Waals surface area contributed by atoms with Gasteiger partial charge < -0.3 is 24.8 Å². The molecule has 0 fully saturated rings. The molecule has 0 saturated carbocycles. The lowest BCUT2D eigenvalue weighted by Crippen LogP contribution is -2.22. The fourth-order valence-electron chi connectivity index (χ4n) is 2.43. The third-order valence-electron chi connectivity index (χ3n) is 3.86. The van der Waals surface area contributed by atoms with Gasteiger partial charge in [0.2, 0.25) is 5.91 Å². The Bertz CT molecular complexity index is 777. The second kappa shape index (κ2) is 12.4. The molecular weight excluding hydrogens is 372 g/mol. The maximum atomic E-state index is 12.3. The van der Waals surface area contributed by atoms with E-state index in [-0.39, 0.29) is 18.4 Å². The highest BCUT2D eigenvalue weighted by Crippen LogP contribution is 2.23. The van der Waals surface area contributed by atoms with Crippen LogP contribution in [-0.4, -0.2) is 44.8 Å². The van der Waals surface area contributed by atoms with Crippen LogP contribution in [-0.2, 0) is 14.3 Å². The summed E-state index contributed by atoms with van der Waals surface area (Å²) >= 11 is 0. The molecule has 0 unspecified atom stereocenters. The molecule has 0 radical (unpaired) electrons. The molecule has 0 aliphatic carbocycles. The molecule has 7 nitrogen and oxygen atoms in total. The maximum Gasteiger partial charge on any atom is 0.338 e. The molecule has 0 aromatic heterocycles. The van der Waals surface area contributed by atoms with E-state index < -0.39 is 0 Å². The van der Waals surface area contributed by atoms with Crippen molar-refractivity contribution in [1.29, 1.82) is 0 Å². The Hall–Kier alpha value is -3.06. The Kier molecular flexibility index (Phi) is 9.51. The minimum atomic E-state index is -0.350. The number of anilines is 2. The largest absolute Gasteiger partial charge is 0.489 e. The second-order valence-electron chi connectivity index (χ2n) is 6.16. The van der Waals surface area contributed by atoms with Crippen molar-refractivity contribution >= 4 is 23.3 Å². The van der Waals surface area contributed by atoms with Gasteiger partial charge in [-0.2, -0.15) is 0 Å². The molecule has 1 amide bonds. The molecule has 0 bridgehead atoms. The van der Waals surface area contributed by atoms with Gasteiger partial charge in [0.15, 0.2) is 0 Å². The number of para-hydroxylation sites is 2. The Labute approximate surface area is 171 Å². The van der Waals surface area contributed by atoms with Crippen molar-refractivity contribution in [2.75, 3.05) is 43.6 Å². The van der Waals surface area contributed by atoms with Gasteiger partial charge >= 0.3 is 5.97 Å². The third-order valence-corrected chi connectivity index (χ3v) is 3.86. The highest BCUT2D eigenvalue weighted by Gasteiger charge is 2.09. The second-order valence-corrected chi connectivity index (χ2v) is 6.16. The van der Waals surface area contributed by atoms with Crippen molar-refractivity contribution in [2.24, 2.45) is 0 Å². The van der Waals surface area contributed by atoms with Gasteiger partial charge in [-0.1, -0.05) is 19.1 Å². The fourth-order valence-corrected chi connectivity index (χ4v) is 2.43. The zero-order valence-corrected chi connectivity index (χ0v) is 16.9. The van der Waals surface area contributed by atoms with Gasteiger partial charge in [0.05, 0.1) is 31.0 Å². The number of benzene rings is 2. The average molecular weight is 400 g/mol. The van der Waals surface area contributed by atoms with Crippen molar-refractivity contribution in [1.82, 2.24) is 0 Å². The topological polar surface area (TPSA) is 85.9 Å². The first-order valence-corrected chi connectivity index (χ1v) is 9.74. The molecule has 0 aliphatic rings. The molecule has 2 aromatic carbocycles. The molecule has 29 heavy (non-hydrogen) atoms. The van der Waals surface area contributed by atoms with Crippen LogP contribution >= 0.6 is 0 Å². The summed E-state index contributed by atoms with van der Waals surface area (Å²) in [6, 6.07) is 14.1. The summed E-state index contributed by atoms with van der Waals surface area (Å²) in [4.78, 5) is 24.1. The standard InChI is InChI=1S/C22H28N2O5/c1-3-13-29-22(26)17-9-11-18(12-10-17)23-16-21(25)24-19-7-5-6-8-20(19)28-15-14-27-4-2/h5-12,23H,3-4,13-16H2,1-2H3,(H,24,25). The predicted octanol–water partition coefficient (Wildman–Crippen LogP) is 3.72. The van der Waals surface area contributed by atoms with E-state index in [1.165, 1.54) is 0 Å². The van der Waals surface area contributed by atoms with E-state index in [9.17, 15) is 9.59 Å². The predicted molar refractivity (Wildman–Crippen MR) is 113 cm³/mol. The van der Waals surface area contributed by atoms with Crippen LogP contribution in [0.4, 0.5) is 11.4 Å². The Morgan fingerprint density at radius 3 is 2.41 bits per heavy atom. The summed E-state index contributed by atoms with van der Waals surface area (Å²) < 4.78 is 16.0. The number of esters is 1. The number of carbonyl (C=O) groups excluding carboxylic acids is 2. The van der Waals surface area contributed by atoms with Crippen LogP contribution in [0.5, 0.6) is 5.75 Å². The molecule has 0 saturated heterocycles. The fraction of sp³-hybridized carbons (Fsp3) is 0.364. The average Bonchev–Trinajstić information content (AvgIpc) is 2.75. The molecule has 7 heteroatoms. The molecule has 0 atom stereocenters. The van der Waals surface area contributed by atoms with Gasteiger partial charge in [-0.3, -0.25) is 4.79 Å². The lowest BCUT2D eigenvalue weighted by molar-refractivity contribution is -0.114. The number of ether oxygens (including phenoxy) is 3. The minimum Gasteiger partial charge on any atom is -0.489 e. The molecule has 0 aliphatic heterocycles. The maximum absolute atomic E-state index is 12.3. The molecule has 0 spiro atoms. The number of rotatable bonds is 12. The summed E-state index contributed by atoms with van der Waals surface area (Å²) in [5, 5.41) is 5.86. The SMILES string of the molecule is CCCOC(=O)c1ccc(NCC(=O)Nc2ccccc2OCCOCC)cc1.